The van der Waals surface area contributed by atoms with Crippen LogP contribution in [0.3, 0.4) is 0 Å². The minimum absolute atomic E-state index is 0.0150. The van der Waals surface area contributed by atoms with Gasteiger partial charge in [-0.05, 0) is 12.5 Å². The molecule has 2 N–H and O–H groups in total. The van der Waals surface area contributed by atoms with Crippen molar-refractivity contribution in [1.82, 2.24) is 4.98 Å². The van der Waals surface area contributed by atoms with Crippen LogP contribution in [0.1, 0.15) is 35.0 Å². The van der Waals surface area contributed by atoms with E-state index < -0.39 is 18.1 Å². The SMILES string of the molecule is CCOC(=O)c1c(CN)cc(OC)nc1C(F)F. The topological polar surface area (TPSA) is 74.4 Å². The van der Waals surface area contributed by atoms with Crippen molar-refractivity contribution in [1.29, 1.82) is 0 Å². The van der Waals surface area contributed by atoms with E-state index in [-0.39, 0.29) is 30.2 Å². The van der Waals surface area contributed by atoms with Gasteiger partial charge in [0.25, 0.3) is 6.43 Å². The van der Waals surface area contributed by atoms with Crippen LogP contribution in [-0.4, -0.2) is 24.7 Å². The molecule has 1 aromatic rings. The lowest BCUT2D eigenvalue weighted by Crippen LogP contribution is -2.16. The Morgan fingerprint density at radius 2 is 2.22 bits per heavy atom. The molecular formula is C11H14F2N2O3. The molecule has 0 fully saturated rings. The molecule has 1 aromatic heterocycles. The van der Waals surface area contributed by atoms with E-state index in [2.05, 4.69) is 4.98 Å². The van der Waals surface area contributed by atoms with Crippen LogP contribution in [0.2, 0.25) is 0 Å². The first-order valence-electron chi connectivity index (χ1n) is 5.28. The summed E-state index contributed by atoms with van der Waals surface area (Å²) in [7, 11) is 1.29. The molecule has 0 amide bonds. The highest BCUT2D eigenvalue weighted by Gasteiger charge is 2.25. The van der Waals surface area contributed by atoms with E-state index in [4.69, 9.17) is 15.2 Å². The predicted octanol–water partition coefficient (Wildman–Crippen LogP) is 1.66. The smallest absolute Gasteiger partial charge is 0.340 e. The quantitative estimate of drug-likeness (QED) is 0.815. The van der Waals surface area contributed by atoms with Crippen LogP contribution in [0.5, 0.6) is 5.88 Å². The van der Waals surface area contributed by atoms with Gasteiger partial charge >= 0.3 is 5.97 Å². The highest BCUT2D eigenvalue weighted by Crippen LogP contribution is 2.27. The van der Waals surface area contributed by atoms with E-state index >= 15 is 0 Å². The fourth-order valence-electron chi connectivity index (χ4n) is 1.45. The molecule has 7 heteroatoms. The van der Waals surface area contributed by atoms with Crippen LogP contribution < -0.4 is 10.5 Å². The van der Waals surface area contributed by atoms with E-state index in [0.717, 1.165) is 0 Å². The Labute approximate surface area is 103 Å². The molecule has 0 aromatic carbocycles. The standard InChI is InChI=1S/C11H14F2N2O3/c1-3-18-11(16)8-6(5-14)4-7(17-2)15-9(8)10(12)13/h4,10H,3,5,14H2,1-2H3. The fourth-order valence-corrected chi connectivity index (χ4v) is 1.45. The Hall–Kier alpha value is -1.76. The Balaban J connectivity index is 3.39. The zero-order valence-electron chi connectivity index (χ0n) is 10.1. The maximum atomic E-state index is 12.9. The summed E-state index contributed by atoms with van der Waals surface area (Å²) in [5.41, 5.74) is 4.70. The van der Waals surface area contributed by atoms with Gasteiger partial charge in [-0.1, -0.05) is 0 Å². The maximum absolute atomic E-state index is 12.9. The van der Waals surface area contributed by atoms with Gasteiger partial charge in [0.05, 0.1) is 19.3 Å². The first kappa shape index (κ1) is 14.3. The average Bonchev–Trinajstić information content (AvgIpc) is 2.37. The van der Waals surface area contributed by atoms with Crippen LogP contribution in [0.25, 0.3) is 0 Å². The van der Waals surface area contributed by atoms with Crippen molar-refractivity contribution in [3.05, 3.63) is 22.9 Å². The van der Waals surface area contributed by atoms with Crippen molar-refractivity contribution in [2.45, 2.75) is 19.9 Å². The third kappa shape index (κ3) is 2.92. The van der Waals surface area contributed by atoms with E-state index in [1.54, 1.807) is 6.92 Å². The van der Waals surface area contributed by atoms with E-state index in [0.29, 0.717) is 0 Å². The third-order valence-corrected chi connectivity index (χ3v) is 2.22. The lowest BCUT2D eigenvalue weighted by Gasteiger charge is -2.13. The molecule has 0 atom stereocenters. The average molecular weight is 260 g/mol. The van der Waals surface area contributed by atoms with Gasteiger partial charge in [0.2, 0.25) is 5.88 Å². The predicted molar refractivity (Wildman–Crippen MR) is 59.6 cm³/mol. The van der Waals surface area contributed by atoms with E-state index in [1.165, 1.54) is 13.2 Å². The monoisotopic (exact) mass is 260 g/mol. The van der Waals surface area contributed by atoms with Crippen molar-refractivity contribution in [2.75, 3.05) is 13.7 Å². The highest BCUT2D eigenvalue weighted by molar-refractivity contribution is 5.92. The van der Waals surface area contributed by atoms with Crippen LogP contribution >= 0.6 is 0 Å². The Morgan fingerprint density at radius 3 is 2.67 bits per heavy atom. The molecule has 1 rings (SSSR count). The first-order valence-corrected chi connectivity index (χ1v) is 5.28. The van der Waals surface area contributed by atoms with Crippen molar-refractivity contribution in [3.63, 3.8) is 0 Å². The number of hydrogen-bond acceptors (Lipinski definition) is 5. The van der Waals surface area contributed by atoms with Gasteiger partial charge in [-0.2, -0.15) is 0 Å². The minimum Gasteiger partial charge on any atom is -0.481 e. The summed E-state index contributed by atoms with van der Waals surface area (Å²) in [6.45, 7) is 1.57. The lowest BCUT2D eigenvalue weighted by atomic mass is 10.1. The minimum atomic E-state index is -2.91. The molecule has 18 heavy (non-hydrogen) atoms. The molecule has 0 aliphatic carbocycles. The van der Waals surface area contributed by atoms with Gasteiger partial charge in [0.1, 0.15) is 5.69 Å². The van der Waals surface area contributed by atoms with Gasteiger partial charge in [-0.25, -0.2) is 18.6 Å². The molecule has 1 heterocycles. The molecule has 0 aliphatic heterocycles. The number of methoxy groups -OCH3 is 1. The number of pyridine rings is 1. The Morgan fingerprint density at radius 1 is 1.56 bits per heavy atom. The maximum Gasteiger partial charge on any atom is 0.340 e. The van der Waals surface area contributed by atoms with Crippen LogP contribution in [0, 0.1) is 0 Å². The number of rotatable bonds is 5. The van der Waals surface area contributed by atoms with E-state index in [9.17, 15) is 13.6 Å². The molecule has 0 unspecified atom stereocenters. The molecule has 0 bridgehead atoms. The summed E-state index contributed by atoms with van der Waals surface area (Å²) < 4.78 is 35.3. The lowest BCUT2D eigenvalue weighted by molar-refractivity contribution is 0.0511. The second-order valence-electron chi connectivity index (χ2n) is 3.31. The number of nitrogens with zero attached hydrogens (tertiary/aromatic N) is 1. The Bertz CT molecular complexity index is 439. The van der Waals surface area contributed by atoms with Gasteiger partial charge in [0, 0.05) is 12.6 Å². The van der Waals surface area contributed by atoms with Gasteiger partial charge in [-0.15, -0.1) is 0 Å². The number of esters is 1. The number of nitrogens with two attached hydrogens (primary N) is 1. The largest absolute Gasteiger partial charge is 0.481 e. The van der Waals surface area contributed by atoms with Crippen LogP contribution in [-0.2, 0) is 11.3 Å². The molecule has 5 nitrogen and oxygen atoms in total. The molecule has 100 valence electrons. The van der Waals surface area contributed by atoms with E-state index in [1.807, 2.05) is 0 Å². The second kappa shape index (κ2) is 6.25. The number of hydrogen-bond donors (Lipinski definition) is 1. The first-order chi connectivity index (χ1) is 8.54. The van der Waals surface area contributed by atoms with Gasteiger partial charge in [-0.3, -0.25) is 0 Å². The zero-order chi connectivity index (χ0) is 13.7. The number of halogens is 2. The van der Waals surface area contributed by atoms with Crippen molar-refractivity contribution >= 4 is 5.97 Å². The number of carbonyl (C=O) groups is 1. The van der Waals surface area contributed by atoms with Gasteiger partial charge in [0.15, 0.2) is 0 Å². The number of aromatic nitrogens is 1. The molecule has 0 spiro atoms. The number of ether oxygens (including phenoxy) is 2. The van der Waals surface area contributed by atoms with Crippen LogP contribution in [0.15, 0.2) is 6.07 Å². The summed E-state index contributed by atoms with van der Waals surface area (Å²) in [5, 5.41) is 0. The molecule has 0 saturated heterocycles. The summed E-state index contributed by atoms with van der Waals surface area (Å²) in [6, 6.07) is 1.35. The molecule has 0 aliphatic rings. The number of carbonyl (C=O) groups excluding carboxylic acids is 1. The van der Waals surface area contributed by atoms with Crippen LogP contribution in [0.4, 0.5) is 8.78 Å². The fraction of sp³-hybridized carbons (Fsp3) is 0.455. The summed E-state index contributed by atoms with van der Waals surface area (Å²) in [5.74, 6) is -0.873. The normalized spacial score (nSPS) is 10.6. The number of alkyl halides is 2. The zero-order valence-corrected chi connectivity index (χ0v) is 10.1. The molecular weight excluding hydrogens is 246 g/mol. The van der Waals surface area contributed by atoms with Crippen molar-refractivity contribution in [2.24, 2.45) is 5.73 Å². The Kier molecular flexibility index (Phi) is 4.96. The summed E-state index contributed by atoms with van der Waals surface area (Å²) in [4.78, 5) is 15.2. The molecule has 0 saturated carbocycles. The molecule has 0 radical (unpaired) electrons. The van der Waals surface area contributed by atoms with Crippen molar-refractivity contribution in [3.8, 4) is 5.88 Å². The second-order valence-corrected chi connectivity index (χ2v) is 3.31. The summed E-state index contributed by atoms with van der Waals surface area (Å²) >= 11 is 0. The highest BCUT2D eigenvalue weighted by atomic mass is 19.3. The third-order valence-electron chi connectivity index (χ3n) is 2.22. The van der Waals surface area contributed by atoms with Gasteiger partial charge < -0.3 is 15.2 Å². The van der Waals surface area contributed by atoms with Crippen molar-refractivity contribution < 1.29 is 23.0 Å². The summed E-state index contributed by atoms with van der Waals surface area (Å²) in [6.07, 6.45) is -2.91.